The molecule has 0 saturated carbocycles. The number of likely N-dealkylation sites (tertiary alicyclic amines) is 1. The van der Waals surface area contributed by atoms with Gasteiger partial charge in [0.1, 0.15) is 0 Å². The molecular formula is C18H17IN2O2. The van der Waals surface area contributed by atoms with Crippen molar-refractivity contribution in [2.24, 2.45) is 0 Å². The Kier molecular flexibility index (Phi) is 4.95. The summed E-state index contributed by atoms with van der Waals surface area (Å²) in [6, 6.07) is 14.5. The summed E-state index contributed by atoms with van der Waals surface area (Å²) >= 11 is 2.14. The van der Waals surface area contributed by atoms with Gasteiger partial charge in [-0.2, -0.15) is 0 Å². The van der Waals surface area contributed by atoms with Crippen LogP contribution in [0.25, 0.3) is 0 Å². The first-order valence-electron chi connectivity index (χ1n) is 7.60. The highest BCUT2D eigenvalue weighted by molar-refractivity contribution is 14.1. The van der Waals surface area contributed by atoms with E-state index in [1.807, 2.05) is 23.1 Å². The summed E-state index contributed by atoms with van der Waals surface area (Å²) in [5.74, 6) is -0.0772. The molecule has 0 spiro atoms. The molecule has 1 aliphatic rings. The van der Waals surface area contributed by atoms with Gasteiger partial charge in [-0.25, -0.2) is 0 Å². The second-order valence-electron chi connectivity index (χ2n) is 5.51. The highest BCUT2D eigenvalue weighted by atomic mass is 127. The molecule has 2 aromatic rings. The highest BCUT2D eigenvalue weighted by Gasteiger charge is 2.19. The standard InChI is InChI=1S/C18H17IN2O2/c19-16-6-2-1-5-15(16)17(22)20-14-9-7-13(8-10-14)18(23)21-11-3-4-12-21/h1-2,5-10H,3-4,11-12H2,(H,20,22). The molecule has 1 saturated heterocycles. The normalized spacial score (nSPS) is 13.9. The van der Waals surface area contributed by atoms with Crippen LogP contribution in [0.3, 0.4) is 0 Å². The Balaban J connectivity index is 1.69. The Bertz CT molecular complexity index is 722. The van der Waals surface area contributed by atoms with Gasteiger partial charge in [0.25, 0.3) is 11.8 Å². The topological polar surface area (TPSA) is 49.4 Å². The molecule has 1 heterocycles. The van der Waals surface area contributed by atoms with Crippen molar-refractivity contribution < 1.29 is 9.59 Å². The van der Waals surface area contributed by atoms with Crippen LogP contribution in [0.2, 0.25) is 0 Å². The molecule has 0 aromatic heterocycles. The van der Waals surface area contributed by atoms with Crippen molar-refractivity contribution in [1.29, 1.82) is 0 Å². The van der Waals surface area contributed by atoms with Crippen LogP contribution >= 0.6 is 22.6 Å². The highest BCUT2D eigenvalue weighted by Crippen LogP contribution is 2.17. The Morgan fingerprint density at radius 3 is 2.26 bits per heavy atom. The van der Waals surface area contributed by atoms with Gasteiger partial charge in [-0.3, -0.25) is 9.59 Å². The molecule has 2 amide bonds. The van der Waals surface area contributed by atoms with Gasteiger partial charge in [0.05, 0.1) is 5.56 Å². The third-order valence-electron chi connectivity index (χ3n) is 3.90. The van der Waals surface area contributed by atoms with E-state index in [9.17, 15) is 9.59 Å². The van der Waals surface area contributed by atoms with Gasteiger partial charge in [0.2, 0.25) is 0 Å². The minimum Gasteiger partial charge on any atom is -0.339 e. The van der Waals surface area contributed by atoms with E-state index in [1.165, 1.54) is 0 Å². The van der Waals surface area contributed by atoms with Crippen molar-refractivity contribution in [3.63, 3.8) is 0 Å². The molecule has 2 aromatic carbocycles. The molecule has 1 fully saturated rings. The Morgan fingerprint density at radius 1 is 0.957 bits per heavy atom. The van der Waals surface area contributed by atoms with Crippen LogP contribution in [0.5, 0.6) is 0 Å². The lowest BCUT2D eigenvalue weighted by Crippen LogP contribution is -2.27. The van der Waals surface area contributed by atoms with Gasteiger partial charge >= 0.3 is 0 Å². The molecule has 0 aliphatic carbocycles. The smallest absolute Gasteiger partial charge is 0.256 e. The lowest BCUT2D eigenvalue weighted by molar-refractivity contribution is 0.0792. The van der Waals surface area contributed by atoms with E-state index in [0.29, 0.717) is 16.8 Å². The Hall–Kier alpha value is -1.89. The number of hydrogen-bond acceptors (Lipinski definition) is 2. The number of nitrogens with one attached hydrogen (secondary N) is 1. The molecule has 0 radical (unpaired) electrons. The van der Waals surface area contributed by atoms with E-state index >= 15 is 0 Å². The van der Waals surface area contributed by atoms with E-state index in [-0.39, 0.29) is 11.8 Å². The van der Waals surface area contributed by atoms with E-state index < -0.39 is 0 Å². The van der Waals surface area contributed by atoms with E-state index in [4.69, 9.17) is 0 Å². The second-order valence-corrected chi connectivity index (χ2v) is 6.67. The average molecular weight is 420 g/mol. The monoisotopic (exact) mass is 420 g/mol. The minimum atomic E-state index is -0.145. The van der Waals surface area contributed by atoms with Gasteiger partial charge in [-0.05, 0) is 71.8 Å². The van der Waals surface area contributed by atoms with E-state index in [0.717, 1.165) is 29.5 Å². The molecule has 23 heavy (non-hydrogen) atoms. The zero-order valence-electron chi connectivity index (χ0n) is 12.6. The molecule has 1 N–H and O–H groups in total. The zero-order chi connectivity index (χ0) is 16.2. The predicted molar refractivity (Wildman–Crippen MR) is 98.7 cm³/mol. The fraction of sp³-hybridized carbons (Fsp3) is 0.222. The first kappa shape index (κ1) is 16.0. The maximum atomic E-state index is 12.3. The molecule has 1 aliphatic heterocycles. The molecule has 5 heteroatoms. The van der Waals surface area contributed by atoms with Crippen LogP contribution in [-0.4, -0.2) is 29.8 Å². The van der Waals surface area contributed by atoms with Crippen molar-refractivity contribution in [2.45, 2.75) is 12.8 Å². The van der Waals surface area contributed by atoms with Crippen molar-refractivity contribution in [1.82, 2.24) is 4.90 Å². The van der Waals surface area contributed by atoms with Crippen molar-refractivity contribution in [3.8, 4) is 0 Å². The maximum absolute atomic E-state index is 12.3. The Morgan fingerprint density at radius 2 is 1.61 bits per heavy atom. The van der Waals surface area contributed by atoms with Gasteiger partial charge in [-0.1, -0.05) is 12.1 Å². The number of anilines is 1. The van der Waals surface area contributed by atoms with Crippen molar-refractivity contribution in [3.05, 3.63) is 63.2 Å². The molecule has 0 atom stereocenters. The minimum absolute atomic E-state index is 0.0676. The lowest BCUT2D eigenvalue weighted by Gasteiger charge is -2.15. The summed E-state index contributed by atoms with van der Waals surface area (Å²) in [7, 11) is 0. The number of hydrogen-bond donors (Lipinski definition) is 1. The molecule has 0 bridgehead atoms. The number of amides is 2. The SMILES string of the molecule is O=C(Nc1ccc(C(=O)N2CCCC2)cc1)c1ccccc1I. The van der Waals surface area contributed by atoms with Crippen LogP contribution < -0.4 is 5.32 Å². The third kappa shape index (κ3) is 3.72. The fourth-order valence-corrected chi connectivity index (χ4v) is 3.28. The average Bonchev–Trinajstić information content (AvgIpc) is 3.09. The van der Waals surface area contributed by atoms with Gasteiger partial charge in [0.15, 0.2) is 0 Å². The van der Waals surface area contributed by atoms with Crippen LogP contribution in [-0.2, 0) is 0 Å². The number of rotatable bonds is 3. The van der Waals surface area contributed by atoms with Gasteiger partial charge in [0, 0.05) is 27.9 Å². The number of halogens is 1. The third-order valence-corrected chi connectivity index (χ3v) is 4.84. The maximum Gasteiger partial charge on any atom is 0.256 e. The molecule has 4 nitrogen and oxygen atoms in total. The van der Waals surface area contributed by atoms with Crippen molar-refractivity contribution in [2.75, 3.05) is 18.4 Å². The molecule has 0 unspecified atom stereocenters. The zero-order valence-corrected chi connectivity index (χ0v) is 14.7. The number of benzene rings is 2. The van der Waals surface area contributed by atoms with Crippen LogP contribution in [0.1, 0.15) is 33.6 Å². The van der Waals surface area contributed by atoms with Crippen LogP contribution in [0.4, 0.5) is 5.69 Å². The summed E-state index contributed by atoms with van der Waals surface area (Å²) in [5.41, 5.74) is 2.00. The summed E-state index contributed by atoms with van der Waals surface area (Å²) < 4.78 is 0.906. The largest absolute Gasteiger partial charge is 0.339 e. The summed E-state index contributed by atoms with van der Waals surface area (Å²) in [4.78, 5) is 26.4. The quantitative estimate of drug-likeness (QED) is 0.769. The van der Waals surface area contributed by atoms with E-state index in [2.05, 4.69) is 27.9 Å². The van der Waals surface area contributed by atoms with Crippen molar-refractivity contribution >= 4 is 40.1 Å². The first-order chi connectivity index (χ1) is 11.1. The molecular weight excluding hydrogens is 403 g/mol. The lowest BCUT2D eigenvalue weighted by atomic mass is 10.1. The van der Waals surface area contributed by atoms with Gasteiger partial charge in [-0.15, -0.1) is 0 Å². The van der Waals surface area contributed by atoms with E-state index in [1.54, 1.807) is 30.3 Å². The number of carbonyl (C=O) groups excluding carboxylic acids is 2. The Labute approximate surface area is 149 Å². The molecule has 3 rings (SSSR count). The van der Waals surface area contributed by atoms with Crippen LogP contribution in [0, 0.1) is 3.57 Å². The molecule has 118 valence electrons. The number of nitrogens with zero attached hydrogens (tertiary/aromatic N) is 1. The summed E-state index contributed by atoms with van der Waals surface area (Å²) in [6.07, 6.45) is 2.16. The number of carbonyl (C=O) groups is 2. The summed E-state index contributed by atoms with van der Waals surface area (Å²) in [6.45, 7) is 1.67. The fourth-order valence-electron chi connectivity index (χ4n) is 2.64. The van der Waals surface area contributed by atoms with Gasteiger partial charge < -0.3 is 10.2 Å². The summed E-state index contributed by atoms with van der Waals surface area (Å²) in [5, 5.41) is 2.87. The predicted octanol–water partition coefficient (Wildman–Crippen LogP) is 3.78. The second kappa shape index (κ2) is 7.12. The first-order valence-corrected chi connectivity index (χ1v) is 8.68. The van der Waals surface area contributed by atoms with Crippen LogP contribution in [0.15, 0.2) is 48.5 Å².